The Bertz CT molecular complexity index is 1300. The number of hydrogen-bond acceptors (Lipinski definition) is 9. The minimum atomic E-state index is -1.42. The summed E-state index contributed by atoms with van der Waals surface area (Å²) in [5.74, 6) is -0.539. The van der Waals surface area contributed by atoms with Gasteiger partial charge in [0.2, 0.25) is 6.29 Å². The third kappa shape index (κ3) is 13.7. The van der Waals surface area contributed by atoms with E-state index in [1.54, 1.807) is 57.2 Å². The molecule has 0 aromatic heterocycles. The van der Waals surface area contributed by atoms with E-state index in [1.807, 2.05) is 32.9 Å². The number of benzene rings is 2. The third-order valence-corrected chi connectivity index (χ3v) is 6.42. The molecule has 2 atom stereocenters. The second kappa shape index (κ2) is 15.8. The summed E-state index contributed by atoms with van der Waals surface area (Å²) in [6.45, 7) is 15.6. The number of esters is 1. The summed E-state index contributed by atoms with van der Waals surface area (Å²) in [6, 6.07) is 13.7. The molecule has 0 aliphatic heterocycles. The molecule has 45 heavy (non-hydrogen) atoms. The summed E-state index contributed by atoms with van der Waals surface area (Å²) in [7, 11) is 0. The lowest BCUT2D eigenvalue weighted by Gasteiger charge is -2.31. The van der Waals surface area contributed by atoms with Crippen LogP contribution in [0.1, 0.15) is 78.2 Å². The summed E-state index contributed by atoms with van der Waals surface area (Å²) in [5.41, 5.74) is -1.17. The van der Waals surface area contributed by atoms with Gasteiger partial charge >= 0.3 is 18.2 Å². The maximum absolute atomic E-state index is 12.9. The number of carbonyl (C=O) groups is 4. The van der Waals surface area contributed by atoms with Crippen LogP contribution in [0.3, 0.4) is 0 Å². The smallest absolute Gasteiger partial charge is 0.476 e. The van der Waals surface area contributed by atoms with Gasteiger partial charge in [0.1, 0.15) is 17.5 Å². The number of ether oxygens (including phenoxy) is 5. The number of rotatable bonds is 12. The van der Waals surface area contributed by atoms with Gasteiger partial charge in [-0.25, -0.2) is 14.4 Å². The lowest BCUT2D eigenvalue weighted by molar-refractivity contribution is -0.184. The molecule has 2 unspecified atom stereocenters. The van der Waals surface area contributed by atoms with E-state index in [0.717, 1.165) is 5.56 Å². The predicted molar refractivity (Wildman–Crippen MR) is 169 cm³/mol. The van der Waals surface area contributed by atoms with Crippen molar-refractivity contribution in [1.82, 2.24) is 10.6 Å². The normalized spacial score (nSPS) is 13.1. The quantitative estimate of drug-likeness (QED) is 0.151. The van der Waals surface area contributed by atoms with Gasteiger partial charge < -0.3 is 34.3 Å². The average molecular weight is 649 g/mol. The summed E-state index contributed by atoms with van der Waals surface area (Å²) >= 11 is 5.86. The molecule has 11 nitrogen and oxygen atoms in total. The summed E-state index contributed by atoms with van der Waals surface area (Å²) in [6.07, 6.45) is -3.17. The number of amides is 2. The second-order valence-corrected chi connectivity index (χ2v) is 13.4. The van der Waals surface area contributed by atoms with Crippen LogP contribution >= 0.6 is 11.6 Å². The van der Waals surface area contributed by atoms with Gasteiger partial charge in [-0.15, -0.1) is 0 Å². The molecule has 0 saturated carbocycles. The van der Waals surface area contributed by atoms with Gasteiger partial charge in [0.15, 0.2) is 5.60 Å². The summed E-state index contributed by atoms with van der Waals surface area (Å²) in [5, 5.41) is 6.01. The van der Waals surface area contributed by atoms with Crippen molar-refractivity contribution in [2.45, 2.75) is 92.3 Å². The largest absolute Gasteiger partial charge is 0.511 e. The number of hydrogen-bond donors (Lipinski definition) is 2. The molecule has 2 rings (SSSR count). The lowest BCUT2D eigenvalue weighted by Crippen LogP contribution is -2.44. The van der Waals surface area contributed by atoms with Crippen LogP contribution in [0.2, 0.25) is 5.02 Å². The molecule has 0 aliphatic carbocycles. The second-order valence-electron chi connectivity index (χ2n) is 13.0. The van der Waals surface area contributed by atoms with E-state index < -0.39 is 47.2 Å². The van der Waals surface area contributed by atoms with Crippen LogP contribution < -0.4 is 15.4 Å². The molecule has 2 aromatic rings. The van der Waals surface area contributed by atoms with Gasteiger partial charge in [-0.2, -0.15) is 0 Å². The third-order valence-electron chi connectivity index (χ3n) is 6.16. The van der Waals surface area contributed by atoms with Crippen molar-refractivity contribution in [1.29, 1.82) is 0 Å². The lowest BCUT2D eigenvalue weighted by atomic mass is 9.89. The fraction of sp³-hybridized carbons (Fsp3) is 0.515. The van der Waals surface area contributed by atoms with Gasteiger partial charge in [0.05, 0.1) is 6.54 Å². The van der Waals surface area contributed by atoms with Gasteiger partial charge in [0.25, 0.3) is 5.91 Å². The zero-order chi connectivity index (χ0) is 34.0. The average Bonchev–Trinajstić information content (AvgIpc) is 2.90. The first-order chi connectivity index (χ1) is 20.7. The first-order valence-corrected chi connectivity index (χ1v) is 15.0. The van der Waals surface area contributed by atoms with Crippen LogP contribution in [0.4, 0.5) is 9.59 Å². The Balaban J connectivity index is 1.83. The molecular weight excluding hydrogens is 604 g/mol. The van der Waals surface area contributed by atoms with Gasteiger partial charge in [-0.1, -0.05) is 44.5 Å². The van der Waals surface area contributed by atoms with E-state index in [-0.39, 0.29) is 12.5 Å². The highest BCUT2D eigenvalue weighted by molar-refractivity contribution is 6.30. The fourth-order valence-corrected chi connectivity index (χ4v) is 3.82. The van der Waals surface area contributed by atoms with Crippen LogP contribution in [-0.2, 0) is 30.2 Å². The van der Waals surface area contributed by atoms with Crippen molar-refractivity contribution >= 4 is 35.7 Å². The zero-order valence-electron chi connectivity index (χ0n) is 27.4. The SMILES string of the molecule is CC(OC(=O)OC(CNC(=O)OC(C)(C)C)C(C)(C)C)OC(=O)C(C)(C)Oc1ccc(CCNC(=O)c2ccc(Cl)cc2)cc1. The summed E-state index contributed by atoms with van der Waals surface area (Å²) < 4.78 is 26.9. The molecule has 248 valence electrons. The topological polar surface area (TPSA) is 138 Å². The van der Waals surface area contributed by atoms with Crippen molar-refractivity contribution in [2.24, 2.45) is 5.41 Å². The van der Waals surface area contributed by atoms with Crippen LogP contribution in [0, 0.1) is 5.41 Å². The highest BCUT2D eigenvalue weighted by atomic mass is 35.5. The van der Waals surface area contributed by atoms with E-state index in [0.29, 0.717) is 29.3 Å². The summed E-state index contributed by atoms with van der Waals surface area (Å²) in [4.78, 5) is 49.7. The van der Waals surface area contributed by atoms with Crippen LogP contribution in [0.5, 0.6) is 5.75 Å². The molecule has 0 fully saturated rings. The highest BCUT2D eigenvalue weighted by Gasteiger charge is 2.35. The molecule has 0 spiro atoms. The van der Waals surface area contributed by atoms with Crippen molar-refractivity contribution in [3.8, 4) is 5.75 Å². The molecule has 0 radical (unpaired) electrons. The van der Waals surface area contributed by atoms with Crippen LogP contribution in [-0.4, -0.2) is 60.8 Å². The molecule has 2 aromatic carbocycles. The molecule has 0 saturated heterocycles. The molecule has 0 heterocycles. The highest BCUT2D eigenvalue weighted by Crippen LogP contribution is 2.24. The Hall–Kier alpha value is -3.99. The molecule has 2 N–H and O–H groups in total. The first-order valence-electron chi connectivity index (χ1n) is 14.6. The Labute approximate surface area is 270 Å². The number of halogens is 1. The van der Waals surface area contributed by atoms with Crippen LogP contribution in [0.15, 0.2) is 48.5 Å². The maximum atomic E-state index is 12.9. The molecule has 12 heteroatoms. The van der Waals surface area contributed by atoms with Gasteiger partial charge in [0, 0.05) is 29.5 Å². The standard InChI is InChI=1S/C33H45ClN2O9/c1-21(42-30(40)43-26(31(2,3)4)20-36-29(39)45-32(5,6)7)41-28(38)33(8,9)44-25-16-10-22(11-17-25)18-19-35-27(37)23-12-14-24(34)15-13-23/h10-17,21,26H,18-20H2,1-9H3,(H,35,37)(H,36,39). The Morgan fingerprint density at radius 2 is 1.40 bits per heavy atom. The number of carbonyl (C=O) groups excluding carboxylic acids is 4. The van der Waals surface area contributed by atoms with Crippen LogP contribution in [0.25, 0.3) is 0 Å². The van der Waals surface area contributed by atoms with Crippen molar-refractivity contribution in [2.75, 3.05) is 13.1 Å². The van der Waals surface area contributed by atoms with Gasteiger partial charge in [-0.05, 0) is 83.0 Å². The molecule has 2 amide bonds. The number of alkyl carbamates (subject to hydrolysis) is 1. The van der Waals surface area contributed by atoms with Crippen molar-refractivity contribution in [3.05, 3.63) is 64.7 Å². The van der Waals surface area contributed by atoms with Crippen molar-refractivity contribution < 1.29 is 42.9 Å². The maximum Gasteiger partial charge on any atom is 0.511 e. The Morgan fingerprint density at radius 1 is 0.800 bits per heavy atom. The first kappa shape index (κ1) is 37.2. The minimum Gasteiger partial charge on any atom is -0.476 e. The van der Waals surface area contributed by atoms with E-state index in [4.69, 9.17) is 35.3 Å². The predicted octanol–water partition coefficient (Wildman–Crippen LogP) is 6.45. The zero-order valence-corrected chi connectivity index (χ0v) is 28.2. The Kier molecular flexibility index (Phi) is 13.1. The van der Waals surface area contributed by atoms with E-state index in [2.05, 4.69) is 10.6 Å². The molecule has 0 aliphatic rings. The van der Waals surface area contributed by atoms with E-state index in [1.165, 1.54) is 20.8 Å². The molecular formula is C33H45ClN2O9. The Morgan fingerprint density at radius 3 is 1.96 bits per heavy atom. The van der Waals surface area contributed by atoms with Gasteiger partial charge in [-0.3, -0.25) is 4.79 Å². The molecule has 0 bridgehead atoms. The fourth-order valence-electron chi connectivity index (χ4n) is 3.70. The van der Waals surface area contributed by atoms with E-state index in [9.17, 15) is 19.2 Å². The number of nitrogens with one attached hydrogen (secondary N) is 2. The van der Waals surface area contributed by atoms with Crippen molar-refractivity contribution in [3.63, 3.8) is 0 Å². The van der Waals surface area contributed by atoms with E-state index >= 15 is 0 Å². The minimum absolute atomic E-state index is 0.0145. The monoisotopic (exact) mass is 648 g/mol.